The van der Waals surface area contributed by atoms with Crippen LogP contribution >= 0.6 is 27.5 Å². The normalized spacial score (nSPS) is 13.3. The summed E-state index contributed by atoms with van der Waals surface area (Å²) < 4.78 is 3.18. The molecule has 1 aromatic heterocycles. The van der Waals surface area contributed by atoms with Crippen molar-refractivity contribution in [2.75, 3.05) is 6.54 Å². The fourth-order valence-electron chi connectivity index (χ4n) is 1.75. The van der Waals surface area contributed by atoms with Gasteiger partial charge in [-0.15, -0.1) is 11.6 Å². The number of halogens is 2. The Morgan fingerprint density at radius 3 is 2.56 bits per heavy atom. The van der Waals surface area contributed by atoms with E-state index in [0.717, 1.165) is 36.2 Å². The van der Waals surface area contributed by atoms with E-state index in [1.807, 2.05) is 0 Å². The molecule has 3 nitrogen and oxygen atoms in total. The first kappa shape index (κ1) is 16.0. The summed E-state index contributed by atoms with van der Waals surface area (Å²) in [5.41, 5.74) is 2.34. The van der Waals surface area contributed by atoms with Crippen molar-refractivity contribution in [1.82, 2.24) is 15.1 Å². The van der Waals surface area contributed by atoms with E-state index in [2.05, 4.69) is 58.7 Å². The summed E-state index contributed by atoms with van der Waals surface area (Å²) in [5.74, 6) is 0.491. The molecule has 1 heterocycles. The molecule has 5 heteroatoms. The zero-order chi connectivity index (χ0) is 13.7. The van der Waals surface area contributed by atoms with Gasteiger partial charge in [-0.25, -0.2) is 0 Å². The summed E-state index contributed by atoms with van der Waals surface area (Å²) in [4.78, 5) is 0. The molecule has 0 saturated carbocycles. The molecule has 0 aliphatic rings. The van der Waals surface area contributed by atoms with E-state index in [1.54, 1.807) is 0 Å². The van der Waals surface area contributed by atoms with E-state index < -0.39 is 0 Å². The van der Waals surface area contributed by atoms with Gasteiger partial charge < -0.3 is 5.32 Å². The lowest BCUT2D eigenvalue weighted by atomic mass is 10.1. The summed E-state index contributed by atoms with van der Waals surface area (Å²) >= 11 is 9.87. The molecule has 1 aromatic rings. The molecule has 1 unspecified atom stereocenters. The average molecular weight is 337 g/mol. The number of nitrogens with zero attached hydrogens (tertiary/aromatic N) is 2. The minimum absolute atomic E-state index is 0.174. The van der Waals surface area contributed by atoms with Gasteiger partial charge in [0.05, 0.1) is 15.9 Å². The Morgan fingerprint density at radius 1 is 1.39 bits per heavy atom. The van der Waals surface area contributed by atoms with Crippen LogP contribution in [0.25, 0.3) is 0 Å². The SMILES string of the molecule is CCc1nn(CC)c(CNCC(Cl)C(C)C)c1Br. The van der Waals surface area contributed by atoms with Gasteiger partial charge in [0.15, 0.2) is 0 Å². The van der Waals surface area contributed by atoms with Gasteiger partial charge in [0.1, 0.15) is 0 Å². The monoisotopic (exact) mass is 335 g/mol. The second kappa shape index (κ2) is 7.51. The first-order valence-electron chi connectivity index (χ1n) is 6.60. The van der Waals surface area contributed by atoms with Crippen LogP contribution in [-0.2, 0) is 19.5 Å². The molecule has 18 heavy (non-hydrogen) atoms. The first-order valence-corrected chi connectivity index (χ1v) is 7.82. The van der Waals surface area contributed by atoms with Crippen LogP contribution in [0.15, 0.2) is 4.47 Å². The maximum Gasteiger partial charge on any atom is 0.0767 e. The van der Waals surface area contributed by atoms with Gasteiger partial charge in [0, 0.05) is 25.0 Å². The molecule has 0 aliphatic carbocycles. The second-order valence-electron chi connectivity index (χ2n) is 4.77. The third-order valence-corrected chi connectivity index (χ3v) is 4.62. The average Bonchev–Trinajstić information content (AvgIpc) is 2.65. The van der Waals surface area contributed by atoms with Crippen molar-refractivity contribution >= 4 is 27.5 Å². The second-order valence-corrected chi connectivity index (χ2v) is 6.12. The summed E-state index contributed by atoms with van der Waals surface area (Å²) in [5, 5.41) is 8.16. The van der Waals surface area contributed by atoms with Gasteiger partial charge in [-0.2, -0.15) is 5.10 Å². The number of aromatic nitrogens is 2. The number of alkyl halides is 1. The van der Waals surface area contributed by atoms with Crippen LogP contribution in [0, 0.1) is 5.92 Å². The third-order valence-electron chi connectivity index (χ3n) is 3.05. The topological polar surface area (TPSA) is 29.9 Å². The van der Waals surface area contributed by atoms with Crippen LogP contribution in [-0.4, -0.2) is 21.7 Å². The molecule has 0 bridgehead atoms. The predicted octanol–water partition coefficient (Wildman–Crippen LogP) is 3.58. The standard InChI is InChI=1S/C13H23BrClN3/c1-5-11-13(14)12(18(6-2)17-11)8-16-7-10(15)9(3)4/h9-10,16H,5-8H2,1-4H3. The number of nitrogens with one attached hydrogen (secondary N) is 1. The highest BCUT2D eigenvalue weighted by Crippen LogP contribution is 2.22. The molecule has 0 aliphatic heterocycles. The lowest BCUT2D eigenvalue weighted by molar-refractivity contribution is 0.525. The van der Waals surface area contributed by atoms with E-state index in [0.29, 0.717) is 5.92 Å². The molecule has 0 amide bonds. The largest absolute Gasteiger partial charge is 0.310 e. The Morgan fingerprint density at radius 2 is 2.06 bits per heavy atom. The van der Waals surface area contributed by atoms with Crippen molar-refractivity contribution in [2.24, 2.45) is 5.92 Å². The molecule has 0 aromatic carbocycles. The van der Waals surface area contributed by atoms with E-state index >= 15 is 0 Å². The molecule has 0 fully saturated rings. The van der Waals surface area contributed by atoms with Crippen molar-refractivity contribution in [1.29, 1.82) is 0 Å². The first-order chi connectivity index (χ1) is 8.51. The van der Waals surface area contributed by atoms with Crippen LogP contribution in [0.5, 0.6) is 0 Å². The van der Waals surface area contributed by atoms with Crippen molar-refractivity contribution in [3.8, 4) is 0 Å². The summed E-state index contributed by atoms with van der Waals surface area (Å²) in [7, 11) is 0. The highest BCUT2D eigenvalue weighted by atomic mass is 79.9. The van der Waals surface area contributed by atoms with Crippen molar-refractivity contribution in [3.63, 3.8) is 0 Å². The molecule has 0 saturated heterocycles. The molecule has 1 rings (SSSR count). The molecule has 1 atom stereocenters. The highest BCUT2D eigenvalue weighted by molar-refractivity contribution is 9.10. The van der Waals surface area contributed by atoms with E-state index in [9.17, 15) is 0 Å². The zero-order valence-corrected chi connectivity index (χ0v) is 14.0. The highest BCUT2D eigenvalue weighted by Gasteiger charge is 2.14. The van der Waals surface area contributed by atoms with Gasteiger partial charge in [0.2, 0.25) is 0 Å². The maximum absolute atomic E-state index is 6.23. The Hall–Kier alpha value is -0.0600. The van der Waals surface area contributed by atoms with Crippen LogP contribution in [0.2, 0.25) is 0 Å². The Balaban J connectivity index is 2.64. The molecular formula is C13H23BrClN3. The fraction of sp³-hybridized carbons (Fsp3) is 0.769. The lowest BCUT2D eigenvalue weighted by Crippen LogP contribution is -2.27. The summed E-state index contributed by atoms with van der Waals surface area (Å²) in [6.45, 7) is 11.0. The quantitative estimate of drug-likeness (QED) is 0.771. The molecule has 104 valence electrons. The van der Waals surface area contributed by atoms with Crippen molar-refractivity contribution in [3.05, 3.63) is 15.9 Å². The summed E-state index contributed by atoms with van der Waals surface area (Å²) in [6.07, 6.45) is 0.949. The minimum Gasteiger partial charge on any atom is -0.310 e. The zero-order valence-electron chi connectivity index (χ0n) is 11.6. The smallest absolute Gasteiger partial charge is 0.0767 e. The van der Waals surface area contributed by atoms with Crippen LogP contribution in [0.4, 0.5) is 0 Å². The summed E-state index contributed by atoms with van der Waals surface area (Å²) in [6, 6.07) is 0. The number of hydrogen-bond donors (Lipinski definition) is 1. The van der Waals surface area contributed by atoms with Crippen LogP contribution in [0.1, 0.15) is 39.1 Å². The van der Waals surface area contributed by atoms with Crippen LogP contribution in [0.3, 0.4) is 0 Å². The fourth-order valence-corrected chi connectivity index (χ4v) is 2.56. The Kier molecular flexibility index (Phi) is 6.67. The number of aryl methyl sites for hydroxylation is 2. The van der Waals surface area contributed by atoms with Crippen molar-refractivity contribution < 1.29 is 0 Å². The molecule has 1 N–H and O–H groups in total. The van der Waals surface area contributed by atoms with E-state index in [1.165, 1.54) is 5.69 Å². The third kappa shape index (κ3) is 3.97. The van der Waals surface area contributed by atoms with E-state index in [-0.39, 0.29) is 5.38 Å². The number of hydrogen-bond acceptors (Lipinski definition) is 2. The molecule has 0 radical (unpaired) electrons. The number of rotatable bonds is 7. The van der Waals surface area contributed by atoms with Crippen LogP contribution < -0.4 is 5.32 Å². The molecular weight excluding hydrogens is 314 g/mol. The lowest BCUT2D eigenvalue weighted by Gasteiger charge is -2.14. The van der Waals surface area contributed by atoms with Gasteiger partial charge >= 0.3 is 0 Å². The minimum atomic E-state index is 0.174. The van der Waals surface area contributed by atoms with Crippen molar-refractivity contribution in [2.45, 2.75) is 52.6 Å². The van der Waals surface area contributed by atoms with Gasteiger partial charge in [-0.05, 0) is 35.2 Å². The van der Waals surface area contributed by atoms with Gasteiger partial charge in [0.25, 0.3) is 0 Å². The Bertz CT molecular complexity index is 377. The van der Waals surface area contributed by atoms with Gasteiger partial charge in [-0.1, -0.05) is 20.8 Å². The van der Waals surface area contributed by atoms with Gasteiger partial charge in [-0.3, -0.25) is 4.68 Å². The maximum atomic E-state index is 6.23. The molecule has 0 spiro atoms. The predicted molar refractivity (Wildman–Crippen MR) is 81.2 cm³/mol. The Labute approximate surface area is 123 Å². The van der Waals surface area contributed by atoms with E-state index in [4.69, 9.17) is 11.6 Å².